The van der Waals surface area contributed by atoms with Crippen molar-refractivity contribution in [1.29, 1.82) is 5.26 Å². The standard InChI is InChI=1S/C19H19N3O4S/c1-2-26-18(23)21-15-7-9-17(10-8-15)27(24,25)22-16-5-3-14(4-6-16)19(13-20)11-12-19/h3-10,22H,2,11-12H2,1H3,(H,21,23). The van der Waals surface area contributed by atoms with Crippen molar-refractivity contribution in [1.82, 2.24) is 0 Å². The molecule has 0 radical (unpaired) electrons. The van der Waals surface area contributed by atoms with E-state index in [1.165, 1.54) is 24.3 Å². The SMILES string of the molecule is CCOC(=O)Nc1ccc(S(=O)(=O)Nc2ccc(C3(C#N)CC3)cc2)cc1. The third kappa shape index (κ3) is 4.20. The molecule has 1 amide bonds. The summed E-state index contributed by atoms with van der Waals surface area (Å²) in [5, 5.41) is 11.7. The van der Waals surface area contributed by atoms with Crippen LogP contribution in [0.25, 0.3) is 0 Å². The van der Waals surface area contributed by atoms with Crippen molar-refractivity contribution >= 4 is 27.5 Å². The molecule has 0 heterocycles. The first-order valence-corrected chi connectivity index (χ1v) is 9.95. The normalized spacial score (nSPS) is 14.7. The Morgan fingerprint density at radius 1 is 1.11 bits per heavy atom. The Morgan fingerprint density at radius 2 is 1.70 bits per heavy atom. The molecule has 7 nitrogen and oxygen atoms in total. The van der Waals surface area contributed by atoms with Crippen molar-refractivity contribution in [2.75, 3.05) is 16.6 Å². The molecule has 1 fully saturated rings. The zero-order valence-electron chi connectivity index (χ0n) is 14.7. The number of rotatable bonds is 6. The summed E-state index contributed by atoms with van der Waals surface area (Å²) in [5.41, 5.74) is 1.35. The van der Waals surface area contributed by atoms with Gasteiger partial charge in [0.1, 0.15) is 0 Å². The number of hydrogen-bond donors (Lipinski definition) is 2. The van der Waals surface area contributed by atoms with E-state index >= 15 is 0 Å². The van der Waals surface area contributed by atoms with Gasteiger partial charge in [0.15, 0.2) is 0 Å². The molecule has 0 aromatic heterocycles. The number of benzene rings is 2. The molecular formula is C19H19N3O4S. The number of nitrogens with zero attached hydrogens (tertiary/aromatic N) is 1. The van der Waals surface area contributed by atoms with Gasteiger partial charge in [0.2, 0.25) is 0 Å². The van der Waals surface area contributed by atoms with E-state index in [2.05, 4.69) is 16.1 Å². The van der Waals surface area contributed by atoms with Crippen molar-refractivity contribution in [2.45, 2.75) is 30.1 Å². The predicted octanol–water partition coefficient (Wildman–Crippen LogP) is 3.61. The summed E-state index contributed by atoms with van der Waals surface area (Å²) in [6.07, 6.45) is 1.07. The Morgan fingerprint density at radius 3 is 2.22 bits per heavy atom. The molecule has 1 saturated carbocycles. The lowest BCUT2D eigenvalue weighted by molar-refractivity contribution is 0.168. The van der Waals surface area contributed by atoms with Gasteiger partial charge in [-0.05, 0) is 61.7 Å². The number of sulfonamides is 1. The molecule has 0 atom stereocenters. The van der Waals surface area contributed by atoms with Gasteiger partial charge in [0, 0.05) is 11.4 Å². The summed E-state index contributed by atoms with van der Waals surface area (Å²) in [5.74, 6) is 0. The first kappa shape index (κ1) is 18.7. The average molecular weight is 385 g/mol. The number of ether oxygens (including phenoxy) is 1. The second-order valence-corrected chi connectivity index (χ2v) is 7.93. The van der Waals surface area contributed by atoms with Gasteiger partial charge in [-0.2, -0.15) is 5.26 Å². The summed E-state index contributed by atoms with van der Waals surface area (Å²) < 4.78 is 32.3. The molecular weight excluding hydrogens is 366 g/mol. The second-order valence-electron chi connectivity index (χ2n) is 6.25. The van der Waals surface area contributed by atoms with Gasteiger partial charge in [0.25, 0.3) is 10.0 Å². The topological polar surface area (TPSA) is 108 Å². The summed E-state index contributed by atoms with van der Waals surface area (Å²) in [6.45, 7) is 1.94. The van der Waals surface area contributed by atoms with Crippen LogP contribution in [0, 0.1) is 11.3 Å². The number of amides is 1. The van der Waals surface area contributed by atoms with E-state index in [1.807, 2.05) is 0 Å². The van der Waals surface area contributed by atoms with Crippen LogP contribution in [-0.2, 0) is 20.2 Å². The van der Waals surface area contributed by atoms with E-state index in [4.69, 9.17) is 4.74 Å². The molecule has 2 N–H and O–H groups in total. The fourth-order valence-electron chi connectivity index (χ4n) is 2.66. The van der Waals surface area contributed by atoms with Gasteiger partial charge in [-0.1, -0.05) is 12.1 Å². The summed E-state index contributed by atoms with van der Waals surface area (Å²) in [7, 11) is -3.77. The number of hydrogen-bond acceptors (Lipinski definition) is 5. The van der Waals surface area contributed by atoms with Crippen LogP contribution >= 0.6 is 0 Å². The summed E-state index contributed by atoms with van der Waals surface area (Å²) in [6, 6.07) is 14.9. The Hall–Kier alpha value is -3.05. The van der Waals surface area contributed by atoms with Gasteiger partial charge in [-0.15, -0.1) is 0 Å². The molecule has 3 rings (SSSR count). The van der Waals surface area contributed by atoms with Gasteiger partial charge >= 0.3 is 6.09 Å². The van der Waals surface area contributed by atoms with Crippen LogP contribution in [0.4, 0.5) is 16.2 Å². The van der Waals surface area contributed by atoms with Crippen LogP contribution in [0.5, 0.6) is 0 Å². The third-order valence-electron chi connectivity index (χ3n) is 4.34. The molecule has 140 valence electrons. The van der Waals surface area contributed by atoms with Crippen LogP contribution in [0.2, 0.25) is 0 Å². The van der Waals surface area contributed by atoms with E-state index < -0.39 is 21.5 Å². The number of nitrogens with one attached hydrogen (secondary N) is 2. The number of anilines is 2. The van der Waals surface area contributed by atoms with Crippen molar-refractivity contribution < 1.29 is 17.9 Å². The first-order chi connectivity index (χ1) is 12.9. The zero-order valence-corrected chi connectivity index (χ0v) is 15.5. The molecule has 0 saturated heterocycles. The first-order valence-electron chi connectivity index (χ1n) is 8.47. The lowest BCUT2D eigenvalue weighted by atomic mass is 9.98. The maximum absolute atomic E-state index is 12.5. The van der Waals surface area contributed by atoms with E-state index in [-0.39, 0.29) is 11.5 Å². The van der Waals surface area contributed by atoms with Crippen LogP contribution < -0.4 is 10.0 Å². The van der Waals surface area contributed by atoms with Gasteiger partial charge in [-0.3, -0.25) is 10.0 Å². The van der Waals surface area contributed by atoms with Crippen molar-refractivity contribution in [3.8, 4) is 6.07 Å². The molecule has 0 bridgehead atoms. The molecule has 0 unspecified atom stereocenters. The molecule has 0 spiro atoms. The van der Waals surface area contributed by atoms with Gasteiger partial charge in [0.05, 0.1) is 23.0 Å². The largest absolute Gasteiger partial charge is 0.450 e. The maximum atomic E-state index is 12.5. The van der Waals surface area contributed by atoms with Crippen molar-refractivity contribution in [3.63, 3.8) is 0 Å². The average Bonchev–Trinajstić information content (AvgIpc) is 3.44. The van der Waals surface area contributed by atoms with E-state index in [9.17, 15) is 18.5 Å². The Kier molecular flexibility index (Phi) is 5.06. The molecule has 1 aliphatic rings. The third-order valence-corrected chi connectivity index (χ3v) is 5.74. The fraction of sp³-hybridized carbons (Fsp3) is 0.263. The molecule has 0 aliphatic heterocycles. The predicted molar refractivity (Wildman–Crippen MR) is 101 cm³/mol. The monoisotopic (exact) mass is 385 g/mol. The minimum absolute atomic E-state index is 0.0664. The highest BCUT2D eigenvalue weighted by Gasteiger charge is 2.44. The molecule has 27 heavy (non-hydrogen) atoms. The Labute approximate surface area is 158 Å². The van der Waals surface area contributed by atoms with Crippen molar-refractivity contribution in [2.24, 2.45) is 0 Å². The van der Waals surface area contributed by atoms with E-state index in [0.29, 0.717) is 11.4 Å². The highest BCUT2D eigenvalue weighted by atomic mass is 32.2. The molecule has 2 aromatic rings. The number of carbonyl (C=O) groups excluding carboxylic acids is 1. The second kappa shape index (κ2) is 7.29. The summed E-state index contributed by atoms with van der Waals surface area (Å²) >= 11 is 0. The van der Waals surface area contributed by atoms with Crippen molar-refractivity contribution in [3.05, 3.63) is 54.1 Å². The maximum Gasteiger partial charge on any atom is 0.411 e. The lowest BCUT2D eigenvalue weighted by Crippen LogP contribution is -2.15. The molecule has 1 aliphatic carbocycles. The smallest absolute Gasteiger partial charge is 0.411 e. The van der Waals surface area contributed by atoms with Crippen LogP contribution in [0.3, 0.4) is 0 Å². The van der Waals surface area contributed by atoms with Crippen LogP contribution in [0.15, 0.2) is 53.4 Å². The van der Waals surface area contributed by atoms with Crippen LogP contribution in [0.1, 0.15) is 25.3 Å². The molecule has 8 heteroatoms. The van der Waals surface area contributed by atoms with Gasteiger partial charge < -0.3 is 4.74 Å². The molecule has 2 aromatic carbocycles. The zero-order chi connectivity index (χ0) is 19.5. The number of nitriles is 1. The quantitative estimate of drug-likeness (QED) is 0.790. The Balaban J connectivity index is 1.69. The van der Waals surface area contributed by atoms with E-state index in [1.54, 1.807) is 31.2 Å². The Bertz CT molecular complexity index is 973. The highest BCUT2D eigenvalue weighted by molar-refractivity contribution is 7.92. The lowest BCUT2D eigenvalue weighted by Gasteiger charge is -2.11. The van der Waals surface area contributed by atoms with Gasteiger partial charge in [-0.25, -0.2) is 13.2 Å². The fourth-order valence-corrected chi connectivity index (χ4v) is 3.72. The number of carbonyl (C=O) groups is 1. The summed E-state index contributed by atoms with van der Waals surface area (Å²) in [4.78, 5) is 11.4. The van der Waals surface area contributed by atoms with Crippen LogP contribution in [-0.4, -0.2) is 21.1 Å². The highest BCUT2D eigenvalue weighted by Crippen LogP contribution is 2.47. The van der Waals surface area contributed by atoms with E-state index in [0.717, 1.165) is 18.4 Å². The minimum atomic E-state index is -3.77. The minimum Gasteiger partial charge on any atom is -0.450 e.